The molecule has 1 fully saturated rings. The van der Waals surface area contributed by atoms with Gasteiger partial charge in [-0.2, -0.15) is 0 Å². The standard InChI is InChI=1S/C30H41N5O/c1-30(2,3)27(35(21-13-18-31)29(36)33-19-11-6-12-20-33)28-32-26(25-16-9-5-10-17-25)23-34(28)22-24-14-7-4-8-15-24/h4-5,7-10,14-17,23,27H,6,11-13,18-22,31H2,1-3H3. The maximum Gasteiger partial charge on any atom is 0.320 e. The molecule has 6 heteroatoms. The topological polar surface area (TPSA) is 67.4 Å². The summed E-state index contributed by atoms with van der Waals surface area (Å²) in [5.74, 6) is 0.924. The van der Waals surface area contributed by atoms with Crippen molar-refractivity contribution in [1.29, 1.82) is 0 Å². The molecule has 1 saturated heterocycles. The number of imidazole rings is 1. The van der Waals surface area contributed by atoms with Crippen LogP contribution in [0.4, 0.5) is 4.79 Å². The Kier molecular flexibility index (Phi) is 8.47. The fourth-order valence-electron chi connectivity index (χ4n) is 5.16. The molecule has 0 radical (unpaired) electrons. The van der Waals surface area contributed by atoms with Gasteiger partial charge in [-0.25, -0.2) is 9.78 Å². The Morgan fingerprint density at radius 2 is 1.64 bits per heavy atom. The zero-order valence-corrected chi connectivity index (χ0v) is 22.1. The van der Waals surface area contributed by atoms with Crippen molar-refractivity contribution < 1.29 is 4.79 Å². The number of urea groups is 1. The SMILES string of the molecule is CC(C)(C)C(c1nc(-c2ccccc2)cn1Cc1ccccc1)N(CCCN)C(=O)N1CCCCC1. The van der Waals surface area contributed by atoms with Crippen LogP contribution in [0.2, 0.25) is 0 Å². The Bertz CT molecular complexity index is 1100. The van der Waals surface area contributed by atoms with Crippen molar-refractivity contribution >= 4 is 6.03 Å². The average molecular weight is 488 g/mol. The molecule has 192 valence electrons. The first-order valence-electron chi connectivity index (χ1n) is 13.3. The van der Waals surface area contributed by atoms with Gasteiger partial charge in [0.25, 0.3) is 0 Å². The zero-order chi connectivity index (χ0) is 25.5. The van der Waals surface area contributed by atoms with Crippen LogP contribution >= 0.6 is 0 Å². The first-order valence-corrected chi connectivity index (χ1v) is 13.3. The van der Waals surface area contributed by atoms with Crippen LogP contribution in [-0.4, -0.2) is 51.6 Å². The van der Waals surface area contributed by atoms with E-state index in [2.05, 4.69) is 72.8 Å². The Morgan fingerprint density at radius 1 is 1.00 bits per heavy atom. The number of nitrogens with two attached hydrogens (primary N) is 1. The molecular weight excluding hydrogens is 446 g/mol. The molecule has 1 aliphatic heterocycles. The number of aromatic nitrogens is 2. The number of piperidine rings is 1. The van der Waals surface area contributed by atoms with Crippen molar-refractivity contribution in [3.8, 4) is 11.3 Å². The smallest absolute Gasteiger partial charge is 0.320 e. The third kappa shape index (κ3) is 6.16. The maximum atomic E-state index is 14.0. The van der Waals surface area contributed by atoms with Crippen LogP contribution in [-0.2, 0) is 6.54 Å². The summed E-state index contributed by atoms with van der Waals surface area (Å²) in [5, 5.41) is 0. The van der Waals surface area contributed by atoms with E-state index in [0.29, 0.717) is 19.6 Å². The van der Waals surface area contributed by atoms with Gasteiger partial charge in [0.2, 0.25) is 0 Å². The number of hydrogen-bond donors (Lipinski definition) is 1. The summed E-state index contributed by atoms with van der Waals surface area (Å²) in [6.45, 7) is 10.1. The van der Waals surface area contributed by atoms with Crippen molar-refractivity contribution in [3.05, 3.63) is 78.2 Å². The highest BCUT2D eigenvalue weighted by atomic mass is 16.2. The summed E-state index contributed by atoms with van der Waals surface area (Å²) in [5.41, 5.74) is 8.93. The minimum absolute atomic E-state index is 0.110. The molecule has 0 aliphatic carbocycles. The molecule has 3 aromatic rings. The van der Waals surface area contributed by atoms with Gasteiger partial charge in [-0.15, -0.1) is 0 Å². The van der Waals surface area contributed by atoms with E-state index in [9.17, 15) is 4.79 Å². The van der Waals surface area contributed by atoms with Crippen molar-refractivity contribution in [1.82, 2.24) is 19.4 Å². The Morgan fingerprint density at radius 3 is 2.25 bits per heavy atom. The van der Waals surface area contributed by atoms with Crippen molar-refractivity contribution in [2.45, 2.75) is 59.0 Å². The molecule has 1 aromatic heterocycles. The number of hydrogen-bond acceptors (Lipinski definition) is 3. The van der Waals surface area contributed by atoms with Crippen LogP contribution in [0, 0.1) is 5.41 Å². The summed E-state index contributed by atoms with van der Waals surface area (Å²) in [4.78, 5) is 23.3. The van der Waals surface area contributed by atoms with Crippen LogP contribution in [0.25, 0.3) is 11.3 Å². The van der Waals surface area contributed by atoms with Crippen molar-refractivity contribution in [2.24, 2.45) is 11.1 Å². The maximum absolute atomic E-state index is 14.0. The van der Waals surface area contributed by atoms with Crippen LogP contribution in [0.3, 0.4) is 0 Å². The number of amides is 2. The lowest BCUT2D eigenvalue weighted by Crippen LogP contribution is -2.50. The van der Waals surface area contributed by atoms with Gasteiger partial charge in [-0.3, -0.25) is 0 Å². The van der Waals surface area contributed by atoms with Gasteiger partial charge < -0.3 is 20.1 Å². The first kappa shape index (κ1) is 26.0. The predicted octanol–water partition coefficient (Wildman–Crippen LogP) is 5.94. The average Bonchev–Trinajstić information content (AvgIpc) is 3.29. The summed E-state index contributed by atoms with van der Waals surface area (Å²) < 4.78 is 2.24. The van der Waals surface area contributed by atoms with E-state index in [0.717, 1.165) is 49.4 Å². The van der Waals surface area contributed by atoms with Crippen LogP contribution < -0.4 is 5.73 Å². The van der Waals surface area contributed by atoms with Gasteiger partial charge in [0.05, 0.1) is 11.7 Å². The molecule has 1 atom stereocenters. The fourth-order valence-corrected chi connectivity index (χ4v) is 5.16. The van der Waals surface area contributed by atoms with E-state index in [1.807, 2.05) is 29.2 Å². The third-order valence-electron chi connectivity index (χ3n) is 6.92. The van der Waals surface area contributed by atoms with E-state index in [4.69, 9.17) is 10.7 Å². The number of likely N-dealkylation sites (tertiary alicyclic amines) is 1. The summed E-state index contributed by atoms with van der Waals surface area (Å²) in [7, 11) is 0. The number of carbonyl (C=O) groups is 1. The predicted molar refractivity (Wildman–Crippen MR) is 147 cm³/mol. The van der Waals surface area contributed by atoms with Gasteiger partial charge in [-0.05, 0) is 43.2 Å². The lowest BCUT2D eigenvalue weighted by Gasteiger charge is -2.43. The number of benzene rings is 2. The van der Waals surface area contributed by atoms with Gasteiger partial charge in [0, 0.05) is 37.9 Å². The minimum Gasteiger partial charge on any atom is -0.330 e. The summed E-state index contributed by atoms with van der Waals surface area (Å²) >= 11 is 0. The molecule has 2 amide bonds. The number of rotatable bonds is 8. The molecule has 0 spiro atoms. The van der Waals surface area contributed by atoms with E-state index < -0.39 is 0 Å². The van der Waals surface area contributed by atoms with Crippen LogP contribution in [0.1, 0.15) is 63.9 Å². The highest BCUT2D eigenvalue weighted by Gasteiger charge is 2.39. The quantitative estimate of drug-likeness (QED) is 0.427. The highest BCUT2D eigenvalue weighted by Crippen LogP contribution is 2.40. The molecule has 1 aliphatic rings. The van der Waals surface area contributed by atoms with E-state index in [-0.39, 0.29) is 17.5 Å². The number of carbonyl (C=O) groups excluding carboxylic acids is 1. The summed E-state index contributed by atoms with van der Waals surface area (Å²) in [6, 6.07) is 20.7. The van der Waals surface area contributed by atoms with E-state index in [1.54, 1.807) is 0 Å². The largest absolute Gasteiger partial charge is 0.330 e. The van der Waals surface area contributed by atoms with Crippen molar-refractivity contribution in [2.75, 3.05) is 26.2 Å². The van der Waals surface area contributed by atoms with E-state index >= 15 is 0 Å². The normalized spacial score (nSPS) is 15.1. The highest BCUT2D eigenvalue weighted by molar-refractivity contribution is 5.75. The summed E-state index contributed by atoms with van der Waals surface area (Å²) in [6.07, 6.45) is 6.23. The molecular formula is C30H41N5O. The third-order valence-corrected chi connectivity index (χ3v) is 6.92. The molecule has 0 bridgehead atoms. The lowest BCUT2D eigenvalue weighted by atomic mass is 9.84. The molecule has 0 saturated carbocycles. The molecule has 2 N–H and O–H groups in total. The van der Waals surface area contributed by atoms with Gasteiger partial charge in [0.15, 0.2) is 0 Å². The second-order valence-electron chi connectivity index (χ2n) is 10.9. The Hall–Kier alpha value is -3.12. The fraction of sp³-hybridized carbons (Fsp3) is 0.467. The van der Waals surface area contributed by atoms with Gasteiger partial charge >= 0.3 is 6.03 Å². The van der Waals surface area contributed by atoms with E-state index in [1.165, 1.54) is 12.0 Å². The molecule has 2 aromatic carbocycles. The molecule has 6 nitrogen and oxygen atoms in total. The monoisotopic (exact) mass is 487 g/mol. The molecule has 1 unspecified atom stereocenters. The molecule has 2 heterocycles. The molecule has 4 rings (SSSR count). The van der Waals surface area contributed by atoms with Gasteiger partial charge in [0.1, 0.15) is 5.82 Å². The Labute approximate surface area is 216 Å². The lowest BCUT2D eigenvalue weighted by molar-refractivity contribution is 0.0789. The zero-order valence-electron chi connectivity index (χ0n) is 22.1. The second kappa shape index (κ2) is 11.7. The van der Waals surface area contributed by atoms with Gasteiger partial charge in [-0.1, -0.05) is 81.4 Å². The van der Waals surface area contributed by atoms with Crippen LogP contribution in [0.15, 0.2) is 66.9 Å². The van der Waals surface area contributed by atoms with Crippen LogP contribution in [0.5, 0.6) is 0 Å². The number of nitrogens with zero attached hydrogens (tertiary/aromatic N) is 4. The Balaban J connectivity index is 1.81. The molecule has 36 heavy (non-hydrogen) atoms. The minimum atomic E-state index is -0.228. The second-order valence-corrected chi connectivity index (χ2v) is 10.9. The first-order chi connectivity index (χ1) is 17.4. The van der Waals surface area contributed by atoms with Crippen molar-refractivity contribution in [3.63, 3.8) is 0 Å².